The first-order chi connectivity index (χ1) is 28.3. The van der Waals surface area contributed by atoms with Crippen LogP contribution in [-0.2, 0) is 5.41 Å². The zero-order valence-corrected chi connectivity index (χ0v) is 31.2. The van der Waals surface area contributed by atoms with Crippen molar-refractivity contribution in [2.45, 2.75) is 11.3 Å². The monoisotopic (exact) mass is 724 g/mol. The summed E-state index contributed by atoms with van der Waals surface area (Å²) in [5, 5.41) is 2.37. The van der Waals surface area contributed by atoms with E-state index in [4.69, 9.17) is 4.42 Å². The Morgan fingerprint density at radius 2 is 0.877 bits per heavy atom. The van der Waals surface area contributed by atoms with E-state index in [1.165, 1.54) is 88.8 Å². The summed E-state index contributed by atoms with van der Waals surface area (Å²) in [7, 11) is 0. The van der Waals surface area contributed by atoms with Gasteiger partial charge in [0.25, 0.3) is 0 Å². The molecule has 1 nitrogen and oxygen atoms in total. The van der Waals surface area contributed by atoms with Crippen molar-refractivity contribution in [2.75, 3.05) is 0 Å². The van der Waals surface area contributed by atoms with Crippen LogP contribution in [0.1, 0.15) is 44.9 Å². The van der Waals surface area contributed by atoms with Gasteiger partial charge >= 0.3 is 0 Å². The van der Waals surface area contributed by atoms with Crippen molar-refractivity contribution < 1.29 is 4.42 Å². The Morgan fingerprint density at radius 3 is 1.54 bits per heavy atom. The molecule has 0 fully saturated rings. The molecule has 0 amide bonds. The van der Waals surface area contributed by atoms with Gasteiger partial charge in [0, 0.05) is 16.7 Å². The van der Waals surface area contributed by atoms with Gasteiger partial charge in [-0.25, -0.2) is 0 Å². The third-order valence-corrected chi connectivity index (χ3v) is 12.7. The highest BCUT2D eigenvalue weighted by molar-refractivity contribution is 6.13. The molecule has 2 aliphatic rings. The molecule has 2 aliphatic carbocycles. The summed E-state index contributed by atoms with van der Waals surface area (Å²) < 4.78 is 6.62. The fourth-order valence-corrected chi connectivity index (χ4v) is 10.3. The van der Waals surface area contributed by atoms with Crippen LogP contribution in [0.4, 0.5) is 0 Å². The molecule has 1 heteroatoms. The summed E-state index contributed by atoms with van der Waals surface area (Å²) in [5.74, 6) is -0.0144. The van der Waals surface area contributed by atoms with E-state index in [2.05, 4.69) is 212 Å². The first-order valence-corrected chi connectivity index (χ1v) is 19.9. The first kappa shape index (κ1) is 32.1. The molecule has 1 heterocycles. The summed E-state index contributed by atoms with van der Waals surface area (Å²) >= 11 is 0. The number of hydrogen-bond donors (Lipinski definition) is 0. The van der Waals surface area contributed by atoms with Crippen LogP contribution in [0.5, 0.6) is 0 Å². The fourth-order valence-electron chi connectivity index (χ4n) is 10.3. The van der Waals surface area contributed by atoms with Gasteiger partial charge in [-0.2, -0.15) is 0 Å². The molecule has 0 bridgehead atoms. The second kappa shape index (κ2) is 12.4. The van der Waals surface area contributed by atoms with Gasteiger partial charge in [-0.1, -0.05) is 200 Å². The minimum absolute atomic E-state index is 0.0144. The Morgan fingerprint density at radius 1 is 0.351 bits per heavy atom. The second-order valence-corrected chi connectivity index (χ2v) is 15.5. The summed E-state index contributed by atoms with van der Waals surface area (Å²) in [5.41, 5.74) is 20.6. The Bertz CT molecular complexity index is 3070. The zero-order valence-electron chi connectivity index (χ0n) is 31.2. The van der Waals surface area contributed by atoms with E-state index >= 15 is 0 Å². The molecule has 266 valence electrons. The highest BCUT2D eigenvalue weighted by Gasteiger charge is 2.53. The van der Waals surface area contributed by atoms with Crippen LogP contribution in [0.25, 0.3) is 66.4 Å². The van der Waals surface area contributed by atoms with Gasteiger partial charge in [0.05, 0.1) is 5.41 Å². The quantitative estimate of drug-likeness (QED) is 0.161. The van der Waals surface area contributed by atoms with Crippen LogP contribution in [0.3, 0.4) is 0 Å². The zero-order chi connectivity index (χ0) is 37.5. The third-order valence-electron chi connectivity index (χ3n) is 12.7. The number of para-hydroxylation sites is 1. The molecule has 9 aromatic carbocycles. The lowest BCUT2D eigenvalue weighted by Gasteiger charge is -2.31. The summed E-state index contributed by atoms with van der Waals surface area (Å²) in [6.45, 7) is 0. The van der Waals surface area contributed by atoms with Gasteiger partial charge < -0.3 is 4.42 Å². The van der Waals surface area contributed by atoms with Crippen molar-refractivity contribution in [3.05, 3.63) is 251 Å². The molecule has 0 aliphatic heterocycles. The van der Waals surface area contributed by atoms with Crippen molar-refractivity contribution in [1.82, 2.24) is 0 Å². The van der Waals surface area contributed by atoms with E-state index in [0.29, 0.717) is 0 Å². The van der Waals surface area contributed by atoms with E-state index in [-0.39, 0.29) is 5.92 Å². The minimum Gasteiger partial charge on any atom is -0.456 e. The third kappa shape index (κ3) is 4.57. The fraction of sp³-hybridized carbons (Fsp3) is 0.0357. The molecule has 10 aromatic rings. The maximum Gasteiger partial charge on any atom is 0.135 e. The van der Waals surface area contributed by atoms with Crippen LogP contribution in [0.2, 0.25) is 0 Å². The Balaban J connectivity index is 1.14. The molecule has 0 saturated heterocycles. The largest absolute Gasteiger partial charge is 0.456 e. The molecule has 0 N–H and O–H groups in total. The van der Waals surface area contributed by atoms with E-state index in [1.54, 1.807) is 0 Å². The Hall–Kier alpha value is -7.22. The number of benzene rings is 9. The molecule has 1 spiro atoms. The SMILES string of the molecule is c1ccc(-c2ccc(C(c3ccc(-c4ccccc4)cc3)c3cccc4c3-c3ccccc3C43c4ccccc4-c4ccc5oc6ccccc6c5c43)cc2)cc1. The Labute approximate surface area is 332 Å². The molecule has 12 rings (SSSR count). The molecule has 1 aromatic heterocycles. The van der Waals surface area contributed by atoms with Crippen molar-refractivity contribution in [3.8, 4) is 44.5 Å². The molecular weight excluding hydrogens is 689 g/mol. The van der Waals surface area contributed by atoms with Crippen LogP contribution in [-0.4, -0.2) is 0 Å². The molecule has 1 atom stereocenters. The van der Waals surface area contributed by atoms with Gasteiger partial charge in [-0.05, 0) is 95.6 Å². The summed E-state index contributed by atoms with van der Waals surface area (Å²) in [6, 6.07) is 78.2. The molecule has 1 unspecified atom stereocenters. The second-order valence-electron chi connectivity index (χ2n) is 15.5. The lowest BCUT2D eigenvalue weighted by Crippen LogP contribution is -2.26. The van der Waals surface area contributed by atoms with Crippen molar-refractivity contribution in [3.63, 3.8) is 0 Å². The average molecular weight is 725 g/mol. The van der Waals surface area contributed by atoms with Gasteiger partial charge in [0.1, 0.15) is 11.2 Å². The van der Waals surface area contributed by atoms with Crippen LogP contribution in [0, 0.1) is 0 Å². The van der Waals surface area contributed by atoms with Crippen LogP contribution >= 0.6 is 0 Å². The molecule has 0 saturated carbocycles. The molecule has 0 radical (unpaired) electrons. The first-order valence-electron chi connectivity index (χ1n) is 19.9. The highest BCUT2D eigenvalue weighted by atomic mass is 16.3. The van der Waals surface area contributed by atoms with Crippen molar-refractivity contribution >= 4 is 21.9 Å². The lowest BCUT2D eigenvalue weighted by atomic mass is 9.69. The van der Waals surface area contributed by atoms with Crippen LogP contribution in [0.15, 0.2) is 217 Å². The van der Waals surface area contributed by atoms with E-state index in [9.17, 15) is 0 Å². The average Bonchev–Trinajstić information content (AvgIpc) is 3.92. The van der Waals surface area contributed by atoms with Crippen molar-refractivity contribution in [2.24, 2.45) is 0 Å². The topological polar surface area (TPSA) is 13.1 Å². The molecular formula is C56H36O. The van der Waals surface area contributed by atoms with E-state index < -0.39 is 5.41 Å². The van der Waals surface area contributed by atoms with Gasteiger partial charge in [-0.3, -0.25) is 0 Å². The Kier molecular flexibility index (Phi) is 6.97. The maximum absolute atomic E-state index is 6.62. The number of fused-ring (bicyclic) bond motifs is 14. The highest BCUT2D eigenvalue weighted by Crippen LogP contribution is 2.65. The summed E-state index contributed by atoms with van der Waals surface area (Å²) in [4.78, 5) is 0. The van der Waals surface area contributed by atoms with Gasteiger partial charge in [0.15, 0.2) is 0 Å². The lowest BCUT2D eigenvalue weighted by molar-refractivity contribution is 0.668. The van der Waals surface area contributed by atoms with Gasteiger partial charge in [0.2, 0.25) is 0 Å². The number of rotatable bonds is 5. The standard InChI is InChI=1S/C56H36O/c1-3-14-36(15-4-1)38-26-30-40(31-27-38)52(41-32-28-39(29-33-41)37-16-5-2-6-17-37)46-21-13-24-49-53(46)44-19-8-11-23-48(44)56(49)47-22-10-7-18-42(47)43-34-35-51-54(55(43)56)45-20-9-12-25-50(45)57-51/h1-35,52H. The number of hydrogen-bond acceptors (Lipinski definition) is 1. The van der Waals surface area contributed by atoms with Gasteiger partial charge in [-0.15, -0.1) is 0 Å². The van der Waals surface area contributed by atoms with Crippen LogP contribution < -0.4 is 0 Å². The maximum atomic E-state index is 6.62. The summed E-state index contributed by atoms with van der Waals surface area (Å²) in [6.07, 6.45) is 0. The normalized spacial score (nSPS) is 14.9. The van der Waals surface area contributed by atoms with E-state index in [0.717, 1.165) is 16.6 Å². The molecule has 57 heavy (non-hydrogen) atoms. The minimum atomic E-state index is -0.529. The predicted octanol–water partition coefficient (Wildman–Crippen LogP) is 14.4. The van der Waals surface area contributed by atoms with E-state index in [1.807, 2.05) is 0 Å². The smallest absolute Gasteiger partial charge is 0.135 e. The number of furan rings is 1. The predicted molar refractivity (Wildman–Crippen MR) is 235 cm³/mol. The van der Waals surface area contributed by atoms with Crippen molar-refractivity contribution in [1.29, 1.82) is 0 Å².